The van der Waals surface area contributed by atoms with Gasteiger partial charge in [-0.15, -0.1) is 6.58 Å². The van der Waals surface area contributed by atoms with Crippen LogP contribution in [0.5, 0.6) is 0 Å². The zero-order valence-electron chi connectivity index (χ0n) is 43.4. The van der Waals surface area contributed by atoms with E-state index in [2.05, 4.69) is 154 Å². The van der Waals surface area contributed by atoms with E-state index in [4.69, 9.17) is 15.1 Å². The molecule has 378 valence electrons. The lowest BCUT2D eigenvalue weighted by molar-refractivity contribution is 0.163. The number of unbranched alkanes of at least 4 members (excludes halogenated alkanes) is 1. The number of allylic oxidation sites excluding steroid dienone is 2. The molecular weight excluding hydrogens is 915 g/mol. The first kappa shape index (κ1) is 50.2. The van der Waals surface area contributed by atoms with Crippen LogP contribution in [0.2, 0.25) is 0 Å². The smallest absolute Gasteiger partial charge is 0.188 e. The normalized spacial score (nSPS) is 17.0. The fraction of sp³-hybridized carbons (Fsp3) is 0.381. The Morgan fingerprint density at radius 2 is 1.60 bits per heavy atom. The lowest BCUT2D eigenvalue weighted by Crippen LogP contribution is -2.39. The molecule has 2 saturated heterocycles. The van der Waals surface area contributed by atoms with Crippen LogP contribution >= 0.6 is 11.3 Å². The molecule has 2 atom stereocenters. The maximum Gasteiger partial charge on any atom is 0.188 e. The molecule has 3 aliphatic heterocycles. The molecule has 2 N–H and O–H groups in total. The summed E-state index contributed by atoms with van der Waals surface area (Å²) in [7, 11) is 4.08. The summed E-state index contributed by atoms with van der Waals surface area (Å²) in [5.41, 5.74) is 15.8. The Kier molecular flexibility index (Phi) is 16.0. The lowest BCUT2D eigenvalue weighted by Gasteiger charge is -2.33. The van der Waals surface area contributed by atoms with Crippen LogP contribution in [0.15, 0.2) is 135 Å². The third kappa shape index (κ3) is 11.6. The highest BCUT2D eigenvalue weighted by atomic mass is 32.1. The highest BCUT2D eigenvalue weighted by Crippen LogP contribution is 2.38. The standard InChI is InChI=1S/C63H75N9S/c1-7-9-19-53(44(3)64-5)61-55-22-15-21-54(62(55)69(6)68-61)51-33-37-71(42-51)40-39-70-35-31-48(32-36-70)41-47-27-25-46(26-28-47)16-10-11-17-50-29-30-60(66-57(50)8-2)72-38-34-49-18-14-20-52(56(49)43-72)45(4)65-63-67-58-23-12-13-24-59(58)73-63/h7-8,12-15,18,20-30,48,51,53,64H,1-4,9-11,16-17,19,31-43H2,5-6H3,(H,65,67). The summed E-state index contributed by atoms with van der Waals surface area (Å²) < 4.78 is 3.29. The van der Waals surface area contributed by atoms with Crippen LogP contribution in [0.25, 0.3) is 32.9 Å². The van der Waals surface area contributed by atoms with E-state index in [1.807, 2.05) is 25.3 Å². The van der Waals surface area contributed by atoms with Gasteiger partial charge in [0, 0.05) is 75.1 Å². The number of nitrogens with zero attached hydrogens (tertiary/aromatic N) is 7. The Labute approximate surface area is 438 Å². The van der Waals surface area contributed by atoms with E-state index < -0.39 is 0 Å². The number of piperidine rings is 1. The van der Waals surface area contributed by atoms with Gasteiger partial charge in [0.2, 0.25) is 0 Å². The highest BCUT2D eigenvalue weighted by molar-refractivity contribution is 7.22. The van der Waals surface area contributed by atoms with Crippen molar-refractivity contribution in [1.29, 1.82) is 0 Å². The van der Waals surface area contributed by atoms with Crippen molar-refractivity contribution >= 4 is 55.2 Å². The molecule has 3 aromatic heterocycles. The van der Waals surface area contributed by atoms with Gasteiger partial charge >= 0.3 is 0 Å². The molecule has 73 heavy (non-hydrogen) atoms. The average Bonchev–Trinajstić information content (AvgIpc) is 4.17. The molecule has 0 aliphatic carbocycles. The summed E-state index contributed by atoms with van der Waals surface area (Å²) >= 11 is 1.66. The average molecular weight is 990 g/mol. The molecule has 2 fully saturated rings. The van der Waals surface area contributed by atoms with Gasteiger partial charge in [-0.1, -0.05) is 116 Å². The Morgan fingerprint density at radius 3 is 2.41 bits per heavy atom. The summed E-state index contributed by atoms with van der Waals surface area (Å²) in [5, 5.41) is 14.1. The van der Waals surface area contributed by atoms with E-state index in [-0.39, 0.29) is 5.92 Å². The quantitative estimate of drug-likeness (QED) is 0.0514. The van der Waals surface area contributed by atoms with Crippen molar-refractivity contribution in [2.24, 2.45) is 13.0 Å². The third-order valence-electron chi connectivity index (χ3n) is 16.2. The topological polar surface area (TPSA) is 77.4 Å². The van der Waals surface area contributed by atoms with Gasteiger partial charge < -0.3 is 25.3 Å². The molecule has 0 spiro atoms. The van der Waals surface area contributed by atoms with Gasteiger partial charge in [-0.25, -0.2) is 9.97 Å². The van der Waals surface area contributed by atoms with Gasteiger partial charge in [-0.05, 0) is 160 Å². The maximum absolute atomic E-state index is 5.17. The van der Waals surface area contributed by atoms with Gasteiger partial charge in [0.05, 0.1) is 27.1 Å². The molecule has 10 rings (SSSR count). The number of likely N-dealkylation sites (tertiary alicyclic amines) is 2. The second-order valence-electron chi connectivity index (χ2n) is 20.9. The fourth-order valence-electron chi connectivity index (χ4n) is 12.0. The summed E-state index contributed by atoms with van der Waals surface area (Å²) in [6.45, 7) is 25.7. The monoisotopic (exact) mass is 990 g/mol. The van der Waals surface area contributed by atoms with E-state index in [0.29, 0.717) is 5.92 Å². The first-order valence-electron chi connectivity index (χ1n) is 27.0. The summed E-state index contributed by atoms with van der Waals surface area (Å²) in [6.07, 6.45) is 16.2. The number of hydrogen-bond donors (Lipinski definition) is 2. The molecule has 0 radical (unpaired) electrons. The van der Waals surface area contributed by atoms with Crippen LogP contribution in [-0.2, 0) is 39.3 Å². The molecule has 10 heteroatoms. The van der Waals surface area contributed by atoms with Crippen LogP contribution < -0.4 is 15.5 Å². The number of nitrogens with one attached hydrogen (secondary N) is 2. The minimum atomic E-state index is 0.162. The number of hydrogen-bond acceptors (Lipinski definition) is 9. The van der Waals surface area contributed by atoms with E-state index in [0.717, 1.165) is 122 Å². The van der Waals surface area contributed by atoms with Crippen LogP contribution in [0, 0.1) is 5.92 Å². The van der Waals surface area contributed by atoms with Gasteiger partial charge in [0.1, 0.15) is 5.82 Å². The third-order valence-corrected chi connectivity index (χ3v) is 17.1. The number of benzene rings is 4. The van der Waals surface area contributed by atoms with Crippen LogP contribution in [0.4, 0.5) is 10.9 Å². The molecule has 7 aromatic rings. The van der Waals surface area contributed by atoms with E-state index in [1.165, 1.54) is 101 Å². The van der Waals surface area contributed by atoms with Crippen molar-refractivity contribution in [1.82, 2.24) is 34.9 Å². The number of rotatable bonds is 22. The zero-order chi connectivity index (χ0) is 50.3. The number of pyridine rings is 1. The van der Waals surface area contributed by atoms with Crippen molar-refractivity contribution < 1.29 is 0 Å². The predicted molar refractivity (Wildman–Crippen MR) is 309 cm³/mol. The van der Waals surface area contributed by atoms with Crippen LogP contribution in [0.1, 0.15) is 107 Å². The minimum absolute atomic E-state index is 0.162. The second kappa shape index (κ2) is 23.3. The van der Waals surface area contributed by atoms with Gasteiger partial charge in [0.15, 0.2) is 5.13 Å². The number of para-hydroxylation sites is 2. The van der Waals surface area contributed by atoms with Gasteiger partial charge in [-0.3, -0.25) is 4.68 Å². The Balaban J connectivity index is 0.646. The molecule has 2 unspecified atom stereocenters. The number of anilines is 2. The predicted octanol–water partition coefficient (Wildman–Crippen LogP) is 13.0. The highest BCUT2D eigenvalue weighted by Gasteiger charge is 2.30. The molecular formula is C63H75N9S. The van der Waals surface area contributed by atoms with Crippen molar-refractivity contribution in [2.45, 2.75) is 89.0 Å². The number of aromatic nitrogens is 4. The second-order valence-corrected chi connectivity index (χ2v) is 21.9. The van der Waals surface area contributed by atoms with Gasteiger partial charge in [0.25, 0.3) is 0 Å². The van der Waals surface area contributed by atoms with Crippen molar-refractivity contribution in [3.63, 3.8) is 0 Å². The maximum atomic E-state index is 5.17. The number of likely N-dealkylation sites (N-methyl/N-ethyl adjacent to an activating group) is 1. The van der Waals surface area contributed by atoms with Crippen LogP contribution in [0.3, 0.4) is 0 Å². The Bertz CT molecular complexity index is 3030. The Hall–Kier alpha value is -6.33. The molecule has 3 aliphatic rings. The molecule has 9 nitrogen and oxygen atoms in total. The number of aryl methyl sites for hydroxylation is 3. The number of thiazole rings is 1. The van der Waals surface area contributed by atoms with E-state index in [9.17, 15) is 0 Å². The summed E-state index contributed by atoms with van der Waals surface area (Å²) in [6, 6.07) is 35.7. The lowest BCUT2D eigenvalue weighted by atomic mass is 9.89. The molecule has 0 bridgehead atoms. The summed E-state index contributed by atoms with van der Waals surface area (Å²) in [5.74, 6) is 2.47. The first-order valence-corrected chi connectivity index (χ1v) is 27.8. The largest absolute Gasteiger partial charge is 0.391 e. The Morgan fingerprint density at radius 1 is 0.822 bits per heavy atom. The molecule has 0 amide bonds. The fourth-order valence-corrected chi connectivity index (χ4v) is 12.9. The van der Waals surface area contributed by atoms with E-state index in [1.54, 1.807) is 11.3 Å². The zero-order valence-corrected chi connectivity index (χ0v) is 44.2. The first-order chi connectivity index (χ1) is 35.7. The van der Waals surface area contributed by atoms with Crippen molar-refractivity contribution in [3.05, 3.63) is 185 Å². The number of fused-ring (bicyclic) bond motifs is 3. The summed E-state index contributed by atoms with van der Waals surface area (Å²) in [4.78, 5) is 17.8. The SMILES string of the molecule is C=CCCC(C(=C)NC)c1nn(C)c2c(C3CCN(CCN4CCC(Cc5ccc(CCCCc6ccc(N7CCc8cccc(C(=C)Nc9nc%10ccccc%10s9)c8C7)nc6C=C)cc5)CC4)C3)cccc12. The minimum Gasteiger partial charge on any atom is -0.391 e. The van der Waals surface area contributed by atoms with Crippen molar-refractivity contribution in [3.8, 4) is 0 Å². The van der Waals surface area contributed by atoms with E-state index >= 15 is 0 Å². The molecule has 6 heterocycles. The van der Waals surface area contributed by atoms with Gasteiger partial charge in [-0.2, -0.15) is 5.10 Å². The van der Waals surface area contributed by atoms with Crippen LogP contribution in [-0.4, -0.2) is 82.4 Å². The van der Waals surface area contributed by atoms with Crippen molar-refractivity contribution in [2.75, 3.05) is 63.1 Å². The molecule has 4 aromatic carbocycles. The molecule has 0 saturated carbocycles.